The first-order chi connectivity index (χ1) is 12.5. The summed E-state index contributed by atoms with van der Waals surface area (Å²) in [7, 11) is 1.86. The number of hydrogen-bond acceptors (Lipinski definition) is 5. The smallest absolute Gasteiger partial charge is 0.230 e. The fourth-order valence-electron chi connectivity index (χ4n) is 2.59. The normalized spacial score (nSPS) is 12.2. The van der Waals surface area contributed by atoms with Crippen molar-refractivity contribution in [1.82, 2.24) is 20.1 Å². The molecule has 136 valence electrons. The topological polar surface area (TPSA) is 73.0 Å². The molecule has 1 N–H and O–H groups in total. The lowest BCUT2D eigenvalue weighted by molar-refractivity contribution is -0.119. The first-order valence-corrected chi connectivity index (χ1v) is 9.37. The van der Waals surface area contributed by atoms with Crippen molar-refractivity contribution in [2.24, 2.45) is 7.05 Å². The number of amides is 1. The molecule has 1 atom stereocenters. The lowest BCUT2D eigenvalue weighted by Gasteiger charge is -2.15. The quantitative estimate of drug-likeness (QED) is 0.670. The molecule has 0 aliphatic heterocycles. The van der Waals surface area contributed by atoms with Crippen molar-refractivity contribution >= 4 is 17.7 Å². The highest BCUT2D eigenvalue weighted by molar-refractivity contribution is 7.99. The Labute approximate surface area is 157 Å². The number of aromatic nitrogens is 3. The van der Waals surface area contributed by atoms with E-state index in [4.69, 9.17) is 4.42 Å². The van der Waals surface area contributed by atoms with E-state index in [1.807, 2.05) is 24.6 Å². The fraction of sp³-hybridized carbons (Fsp3) is 0.316. The molecule has 6 nitrogen and oxygen atoms in total. The van der Waals surface area contributed by atoms with Crippen LogP contribution < -0.4 is 5.32 Å². The van der Waals surface area contributed by atoms with Gasteiger partial charge < -0.3 is 14.3 Å². The second kappa shape index (κ2) is 7.78. The third-order valence-corrected chi connectivity index (χ3v) is 5.34. The van der Waals surface area contributed by atoms with Gasteiger partial charge in [-0.2, -0.15) is 0 Å². The van der Waals surface area contributed by atoms with E-state index in [1.165, 1.54) is 22.9 Å². The summed E-state index contributed by atoms with van der Waals surface area (Å²) in [4.78, 5) is 12.3. The summed E-state index contributed by atoms with van der Waals surface area (Å²) in [5.74, 6) is 1.53. The van der Waals surface area contributed by atoms with Crippen molar-refractivity contribution < 1.29 is 9.21 Å². The summed E-state index contributed by atoms with van der Waals surface area (Å²) >= 11 is 1.35. The average molecular weight is 370 g/mol. The second-order valence-electron chi connectivity index (χ2n) is 6.26. The molecule has 0 radical (unpaired) electrons. The minimum atomic E-state index is -0.0411. The number of benzene rings is 1. The maximum Gasteiger partial charge on any atom is 0.230 e. The van der Waals surface area contributed by atoms with Gasteiger partial charge in [-0.1, -0.05) is 30.0 Å². The molecule has 0 saturated heterocycles. The fourth-order valence-corrected chi connectivity index (χ4v) is 3.31. The Bertz CT molecular complexity index is 902. The van der Waals surface area contributed by atoms with Crippen molar-refractivity contribution in [3.63, 3.8) is 0 Å². The molecule has 1 amide bonds. The van der Waals surface area contributed by atoms with Crippen LogP contribution in [0.15, 0.2) is 46.2 Å². The van der Waals surface area contributed by atoms with Gasteiger partial charge in [-0.25, -0.2) is 0 Å². The minimum Gasteiger partial charge on any atom is -0.461 e. The molecule has 26 heavy (non-hydrogen) atoms. The van der Waals surface area contributed by atoms with Gasteiger partial charge in [0, 0.05) is 7.05 Å². The van der Waals surface area contributed by atoms with Gasteiger partial charge in [0.25, 0.3) is 0 Å². The Balaban J connectivity index is 1.58. The number of aryl methyl sites for hydroxylation is 2. The Hall–Kier alpha value is -2.54. The van der Waals surface area contributed by atoms with Crippen LogP contribution in [0.5, 0.6) is 0 Å². The number of nitrogens with zero attached hydrogens (tertiary/aromatic N) is 3. The first kappa shape index (κ1) is 18.3. The molecule has 0 aliphatic carbocycles. The van der Waals surface area contributed by atoms with Crippen molar-refractivity contribution in [3.8, 4) is 11.6 Å². The molecule has 0 fully saturated rings. The van der Waals surface area contributed by atoms with Crippen LogP contribution in [-0.4, -0.2) is 26.4 Å². The number of furan rings is 1. The number of carbonyl (C=O) groups is 1. The Morgan fingerprint density at radius 3 is 2.77 bits per heavy atom. The average Bonchev–Trinajstić information content (AvgIpc) is 3.25. The van der Waals surface area contributed by atoms with Gasteiger partial charge in [-0.15, -0.1) is 10.2 Å². The second-order valence-corrected chi connectivity index (χ2v) is 7.21. The van der Waals surface area contributed by atoms with Gasteiger partial charge in [0.1, 0.15) is 0 Å². The molecular formula is C19H22N4O2S. The monoisotopic (exact) mass is 370 g/mol. The minimum absolute atomic E-state index is 0.0386. The molecule has 3 aromatic rings. The lowest BCUT2D eigenvalue weighted by atomic mass is 10.0. The summed E-state index contributed by atoms with van der Waals surface area (Å²) in [5, 5.41) is 12.0. The van der Waals surface area contributed by atoms with Crippen LogP contribution in [0.2, 0.25) is 0 Å². The molecule has 0 saturated carbocycles. The zero-order valence-corrected chi connectivity index (χ0v) is 16.1. The Kier molecular flexibility index (Phi) is 5.46. The van der Waals surface area contributed by atoms with Crippen LogP contribution >= 0.6 is 11.8 Å². The van der Waals surface area contributed by atoms with Crippen molar-refractivity contribution in [1.29, 1.82) is 0 Å². The van der Waals surface area contributed by atoms with Crippen LogP contribution in [0.4, 0.5) is 0 Å². The Morgan fingerprint density at radius 2 is 2.08 bits per heavy atom. The molecule has 1 aromatic carbocycles. The van der Waals surface area contributed by atoms with Gasteiger partial charge in [0.05, 0.1) is 18.1 Å². The van der Waals surface area contributed by atoms with Crippen LogP contribution in [-0.2, 0) is 11.8 Å². The summed E-state index contributed by atoms with van der Waals surface area (Å²) in [6, 6.07) is 9.84. The van der Waals surface area contributed by atoms with Crippen molar-refractivity contribution in [3.05, 3.63) is 53.3 Å². The number of rotatable bonds is 6. The first-order valence-electron chi connectivity index (χ1n) is 8.38. The van der Waals surface area contributed by atoms with Gasteiger partial charge >= 0.3 is 0 Å². The highest BCUT2D eigenvalue weighted by atomic mass is 32.2. The molecule has 0 bridgehead atoms. The van der Waals surface area contributed by atoms with Gasteiger partial charge in [-0.3, -0.25) is 4.79 Å². The molecule has 3 rings (SSSR count). The van der Waals surface area contributed by atoms with Crippen molar-refractivity contribution in [2.75, 3.05) is 5.75 Å². The van der Waals surface area contributed by atoms with E-state index in [1.54, 1.807) is 12.3 Å². The summed E-state index contributed by atoms with van der Waals surface area (Å²) < 4.78 is 7.17. The van der Waals surface area contributed by atoms with Gasteiger partial charge in [0.15, 0.2) is 16.7 Å². The van der Waals surface area contributed by atoms with Gasteiger partial charge in [-0.05, 0) is 49.6 Å². The summed E-state index contributed by atoms with van der Waals surface area (Å²) in [5.41, 5.74) is 3.57. The SMILES string of the molecule is Cc1ccc([C@@H](C)NC(=O)CSc2nnc(-c3ccco3)n2C)cc1C. The molecule has 0 spiro atoms. The largest absolute Gasteiger partial charge is 0.461 e. The van der Waals surface area contributed by atoms with E-state index >= 15 is 0 Å². The molecule has 0 unspecified atom stereocenters. The lowest BCUT2D eigenvalue weighted by Crippen LogP contribution is -2.28. The molecule has 0 aliphatic rings. The predicted molar refractivity (Wildman–Crippen MR) is 102 cm³/mol. The van der Waals surface area contributed by atoms with E-state index < -0.39 is 0 Å². The zero-order valence-electron chi connectivity index (χ0n) is 15.3. The van der Waals surface area contributed by atoms with Crippen molar-refractivity contribution in [2.45, 2.75) is 32.0 Å². The van der Waals surface area contributed by atoms with E-state index in [9.17, 15) is 4.79 Å². The van der Waals surface area contributed by atoms with E-state index in [2.05, 4.69) is 47.6 Å². The number of thioether (sulfide) groups is 1. The molecule has 2 aromatic heterocycles. The highest BCUT2D eigenvalue weighted by Crippen LogP contribution is 2.23. The number of carbonyl (C=O) groups excluding carboxylic acids is 1. The molecule has 2 heterocycles. The van der Waals surface area contributed by atoms with E-state index in [0.717, 1.165) is 5.56 Å². The Morgan fingerprint density at radius 1 is 1.27 bits per heavy atom. The van der Waals surface area contributed by atoms with Crippen LogP contribution in [0.1, 0.15) is 29.7 Å². The molecular weight excluding hydrogens is 348 g/mol. The zero-order chi connectivity index (χ0) is 18.7. The summed E-state index contributed by atoms with van der Waals surface area (Å²) in [6.07, 6.45) is 1.60. The van der Waals surface area contributed by atoms with Crippen LogP contribution in [0.3, 0.4) is 0 Å². The maximum atomic E-state index is 12.3. The van der Waals surface area contributed by atoms with Crippen LogP contribution in [0.25, 0.3) is 11.6 Å². The standard InChI is InChI=1S/C19H22N4O2S/c1-12-7-8-15(10-13(12)2)14(3)20-17(24)11-26-19-22-21-18(23(19)4)16-6-5-9-25-16/h5-10,14H,11H2,1-4H3,(H,20,24)/t14-/m1/s1. The maximum absolute atomic E-state index is 12.3. The van der Waals surface area contributed by atoms with Gasteiger partial charge in [0.2, 0.25) is 5.91 Å². The number of hydrogen-bond donors (Lipinski definition) is 1. The van der Waals surface area contributed by atoms with Crippen LogP contribution in [0, 0.1) is 13.8 Å². The third kappa shape index (κ3) is 3.99. The predicted octanol–water partition coefficient (Wildman–Crippen LogP) is 3.66. The molecule has 7 heteroatoms. The van der Waals surface area contributed by atoms with E-state index in [0.29, 0.717) is 16.7 Å². The summed E-state index contributed by atoms with van der Waals surface area (Å²) in [6.45, 7) is 6.15. The number of nitrogens with one attached hydrogen (secondary N) is 1. The van der Waals surface area contributed by atoms with E-state index in [-0.39, 0.29) is 17.7 Å². The highest BCUT2D eigenvalue weighted by Gasteiger charge is 2.16. The third-order valence-electron chi connectivity index (χ3n) is 4.32.